The highest BCUT2D eigenvalue weighted by Crippen LogP contribution is 2.25. The van der Waals surface area contributed by atoms with E-state index in [2.05, 4.69) is 25.7 Å². The van der Waals surface area contributed by atoms with E-state index in [4.69, 9.17) is 0 Å². The lowest BCUT2D eigenvalue weighted by Crippen LogP contribution is -2.50. The van der Waals surface area contributed by atoms with Crippen LogP contribution in [0.1, 0.15) is 32.1 Å². The SMILES string of the molecule is CSCC[C@@H](NB(C)O)C(=O)NCCCCCC(=O)N1CCN(CC(=O)Nc2nc3ccccc3s2)CC1. The van der Waals surface area contributed by atoms with E-state index in [1.54, 1.807) is 18.6 Å². The number of thiazole rings is 1. The van der Waals surface area contributed by atoms with Gasteiger partial charge in [0, 0.05) is 39.1 Å². The molecule has 2 aromatic rings. The largest absolute Gasteiger partial charge is 0.437 e. The predicted molar refractivity (Wildman–Crippen MR) is 157 cm³/mol. The fourth-order valence-corrected chi connectivity index (χ4v) is 5.68. The first-order chi connectivity index (χ1) is 18.4. The Morgan fingerprint density at radius 3 is 2.63 bits per heavy atom. The third-order valence-electron chi connectivity index (χ3n) is 6.37. The van der Waals surface area contributed by atoms with E-state index in [9.17, 15) is 19.4 Å². The molecule has 2 heterocycles. The van der Waals surface area contributed by atoms with Gasteiger partial charge in [0.2, 0.25) is 17.7 Å². The van der Waals surface area contributed by atoms with E-state index >= 15 is 0 Å². The highest BCUT2D eigenvalue weighted by molar-refractivity contribution is 7.98. The summed E-state index contributed by atoms with van der Waals surface area (Å²) in [5.74, 6) is 0.799. The van der Waals surface area contributed by atoms with E-state index in [1.807, 2.05) is 35.4 Å². The van der Waals surface area contributed by atoms with Gasteiger partial charge >= 0.3 is 7.05 Å². The normalized spacial score (nSPS) is 14.9. The van der Waals surface area contributed by atoms with Gasteiger partial charge in [-0.15, -0.1) is 0 Å². The molecule has 208 valence electrons. The van der Waals surface area contributed by atoms with E-state index in [0.717, 1.165) is 35.2 Å². The smallest absolute Gasteiger partial charge is 0.374 e. The van der Waals surface area contributed by atoms with Crippen molar-refractivity contribution in [2.24, 2.45) is 0 Å². The Bertz CT molecular complexity index is 1010. The molecule has 0 bridgehead atoms. The molecule has 0 radical (unpaired) electrons. The summed E-state index contributed by atoms with van der Waals surface area (Å²) in [6.07, 6.45) is 5.59. The second-order valence-electron chi connectivity index (χ2n) is 9.47. The number of unbranched alkanes of at least 4 members (excludes halogenated alkanes) is 2. The van der Waals surface area contributed by atoms with Gasteiger partial charge in [0.25, 0.3) is 0 Å². The molecule has 1 saturated heterocycles. The van der Waals surface area contributed by atoms with Gasteiger partial charge in [0.15, 0.2) is 5.13 Å². The Kier molecular flexibility index (Phi) is 12.8. The summed E-state index contributed by atoms with van der Waals surface area (Å²) in [6.45, 7) is 5.04. The number of para-hydroxylation sites is 1. The van der Waals surface area contributed by atoms with Gasteiger partial charge in [-0.3, -0.25) is 19.3 Å². The lowest BCUT2D eigenvalue weighted by atomic mass is 9.86. The van der Waals surface area contributed by atoms with Gasteiger partial charge in [-0.25, -0.2) is 4.98 Å². The third kappa shape index (κ3) is 10.2. The maximum Gasteiger partial charge on any atom is 0.374 e. The van der Waals surface area contributed by atoms with Crippen molar-refractivity contribution in [2.75, 3.05) is 56.6 Å². The monoisotopic (exact) mass is 562 g/mol. The number of thioether (sulfide) groups is 1. The second kappa shape index (κ2) is 16.0. The Hall–Kier alpha value is -2.19. The summed E-state index contributed by atoms with van der Waals surface area (Å²) in [5.41, 5.74) is 0.880. The molecule has 1 aromatic carbocycles. The van der Waals surface area contributed by atoms with E-state index in [0.29, 0.717) is 50.7 Å². The maximum absolute atomic E-state index is 12.6. The van der Waals surface area contributed by atoms with Crippen molar-refractivity contribution in [3.63, 3.8) is 0 Å². The number of carbonyl (C=O) groups is 3. The topological polar surface area (TPSA) is 127 Å². The molecule has 0 unspecified atom stereocenters. The summed E-state index contributed by atoms with van der Waals surface area (Å²) in [7, 11) is -0.734. The minimum Gasteiger partial charge on any atom is -0.437 e. The minimum atomic E-state index is -0.734. The first-order valence-electron chi connectivity index (χ1n) is 13.2. The Morgan fingerprint density at radius 2 is 1.92 bits per heavy atom. The number of aromatic nitrogens is 1. The highest BCUT2D eigenvalue weighted by Gasteiger charge is 2.23. The number of fused-ring (bicyclic) bond motifs is 1. The van der Waals surface area contributed by atoms with Crippen LogP contribution >= 0.6 is 23.1 Å². The molecule has 0 spiro atoms. The molecular weight excluding hydrogens is 523 g/mol. The van der Waals surface area contributed by atoms with Gasteiger partial charge in [-0.2, -0.15) is 11.8 Å². The third-order valence-corrected chi connectivity index (χ3v) is 7.96. The van der Waals surface area contributed by atoms with Crippen molar-refractivity contribution < 1.29 is 19.4 Å². The lowest BCUT2D eigenvalue weighted by Gasteiger charge is -2.34. The van der Waals surface area contributed by atoms with Crippen LogP contribution in [0.2, 0.25) is 6.82 Å². The van der Waals surface area contributed by atoms with Gasteiger partial charge < -0.3 is 25.8 Å². The Balaban J connectivity index is 1.26. The van der Waals surface area contributed by atoms with Gasteiger partial charge in [-0.1, -0.05) is 29.9 Å². The number of carbonyl (C=O) groups excluding carboxylic acids is 3. The average Bonchev–Trinajstić information content (AvgIpc) is 3.30. The van der Waals surface area contributed by atoms with Crippen molar-refractivity contribution in [3.8, 4) is 0 Å². The zero-order valence-corrected chi connectivity index (χ0v) is 23.9. The van der Waals surface area contributed by atoms with Crippen LogP contribution in [0.4, 0.5) is 5.13 Å². The summed E-state index contributed by atoms with van der Waals surface area (Å²) in [5, 5.41) is 18.9. The fourth-order valence-electron chi connectivity index (χ4n) is 4.33. The first kappa shape index (κ1) is 30.4. The van der Waals surface area contributed by atoms with Gasteiger partial charge in [0.05, 0.1) is 22.8 Å². The second-order valence-corrected chi connectivity index (χ2v) is 11.5. The van der Waals surface area contributed by atoms with Crippen LogP contribution in [0.5, 0.6) is 0 Å². The molecule has 10 nitrogen and oxygen atoms in total. The van der Waals surface area contributed by atoms with Crippen molar-refractivity contribution in [3.05, 3.63) is 24.3 Å². The number of benzene rings is 1. The zero-order chi connectivity index (χ0) is 27.3. The molecule has 4 N–H and O–H groups in total. The first-order valence-corrected chi connectivity index (χ1v) is 15.4. The molecule has 38 heavy (non-hydrogen) atoms. The molecule has 1 atom stereocenters. The quantitative estimate of drug-likeness (QED) is 0.192. The van der Waals surface area contributed by atoms with Crippen molar-refractivity contribution >= 4 is 63.2 Å². The van der Waals surface area contributed by atoms with Crippen molar-refractivity contribution in [2.45, 2.75) is 45.0 Å². The van der Waals surface area contributed by atoms with Crippen LogP contribution in [0, 0.1) is 0 Å². The van der Waals surface area contributed by atoms with Crippen LogP contribution in [0.3, 0.4) is 0 Å². The fraction of sp³-hybridized carbons (Fsp3) is 0.600. The zero-order valence-electron chi connectivity index (χ0n) is 22.3. The van der Waals surface area contributed by atoms with Gasteiger partial charge in [0.1, 0.15) is 0 Å². The summed E-state index contributed by atoms with van der Waals surface area (Å²) in [6, 6.07) is 7.39. The van der Waals surface area contributed by atoms with Crippen LogP contribution in [0.15, 0.2) is 24.3 Å². The van der Waals surface area contributed by atoms with E-state index in [-0.39, 0.29) is 24.3 Å². The average molecular weight is 563 g/mol. The molecule has 13 heteroatoms. The molecule has 1 aliphatic heterocycles. The molecule has 1 aromatic heterocycles. The molecular formula is C25H39BN6O4S2. The standard InChI is InChI=1S/C25H39BN6O4S2/c1-26(36)30-20(11-17-37-2)24(35)27-12-7-3-4-10-23(34)32-15-13-31(14-16-32)18-22(33)29-25-28-19-8-5-6-9-21(19)38-25/h5-6,8-9,20,30,36H,3-4,7,10-18H2,1-2H3,(H,27,35)(H,28,29,33)/t20-/m1/s1. The van der Waals surface area contributed by atoms with Crippen LogP contribution in [-0.2, 0) is 14.4 Å². The van der Waals surface area contributed by atoms with E-state index < -0.39 is 13.1 Å². The van der Waals surface area contributed by atoms with E-state index in [1.165, 1.54) is 11.3 Å². The number of piperazine rings is 1. The number of hydrogen-bond donors (Lipinski definition) is 4. The minimum absolute atomic E-state index is 0.0897. The maximum atomic E-state index is 12.6. The highest BCUT2D eigenvalue weighted by atomic mass is 32.2. The van der Waals surface area contributed by atoms with Crippen LogP contribution in [-0.4, -0.2) is 102 Å². The molecule has 1 fully saturated rings. The summed E-state index contributed by atoms with van der Waals surface area (Å²) in [4.78, 5) is 45.8. The molecule has 3 amide bonds. The lowest BCUT2D eigenvalue weighted by molar-refractivity contribution is -0.133. The molecule has 3 rings (SSSR count). The Morgan fingerprint density at radius 1 is 1.16 bits per heavy atom. The summed E-state index contributed by atoms with van der Waals surface area (Å²) >= 11 is 3.13. The predicted octanol–water partition coefficient (Wildman–Crippen LogP) is 1.88. The number of anilines is 1. The van der Waals surface area contributed by atoms with Gasteiger partial charge in [-0.05, 0) is 50.2 Å². The summed E-state index contributed by atoms with van der Waals surface area (Å²) < 4.78 is 1.04. The van der Waals surface area contributed by atoms with Crippen molar-refractivity contribution in [1.29, 1.82) is 0 Å². The Labute approximate surface area is 233 Å². The molecule has 1 aliphatic rings. The molecule has 0 saturated carbocycles. The number of nitrogens with zero attached hydrogens (tertiary/aromatic N) is 3. The van der Waals surface area contributed by atoms with Crippen LogP contribution < -0.4 is 15.9 Å². The van der Waals surface area contributed by atoms with Crippen molar-refractivity contribution in [1.82, 2.24) is 25.3 Å². The number of amides is 3. The molecule has 0 aliphatic carbocycles. The number of rotatable bonds is 15. The van der Waals surface area contributed by atoms with Crippen LogP contribution in [0.25, 0.3) is 10.2 Å². The number of hydrogen-bond acceptors (Lipinski definition) is 9. The number of nitrogens with one attached hydrogen (secondary N) is 3.